The van der Waals surface area contributed by atoms with Gasteiger partial charge in [0.1, 0.15) is 17.4 Å². The van der Waals surface area contributed by atoms with Crippen LogP contribution in [0.5, 0.6) is 5.75 Å². The van der Waals surface area contributed by atoms with Crippen molar-refractivity contribution in [2.45, 2.75) is 12.8 Å². The summed E-state index contributed by atoms with van der Waals surface area (Å²) in [5.74, 6) is 0.748. The predicted molar refractivity (Wildman–Crippen MR) is 76.9 cm³/mol. The number of para-hydroxylation sites is 1. The van der Waals surface area contributed by atoms with Crippen molar-refractivity contribution in [3.63, 3.8) is 0 Å². The van der Waals surface area contributed by atoms with E-state index in [0.717, 1.165) is 22.4 Å². The van der Waals surface area contributed by atoms with Gasteiger partial charge in [0.2, 0.25) is 5.88 Å². The first kappa shape index (κ1) is 12.3. The Bertz CT molecular complexity index is 741. The highest BCUT2D eigenvalue weighted by atomic mass is 16.5. The maximum atomic E-state index is 9.42. The summed E-state index contributed by atoms with van der Waals surface area (Å²) < 4.78 is 5.55. The summed E-state index contributed by atoms with van der Waals surface area (Å²) in [6.07, 6.45) is 0. The molecular weight excluding hydrogens is 248 g/mol. The van der Waals surface area contributed by atoms with Crippen LogP contribution in [0, 0.1) is 18.3 Å². The summed E-state index contributed by atoms with van der Waals surface area (Å²) in [5, 5.41) is 9.42. The van der Waals surface area contributed by atoms with E-state index >= 15 is 0 Å². The highest BCUT2D eigenvalue weighted by Crippen LogP contribution is 2.41. The van der Waals surface area contributed by atoms with Crippen LogP contribution in [0.4, 0.5) is 0 Å². The van der Waals surface area contributed by atoms with Gasteiger partial charge in [-0.2, -0.15) is 5.26 Å². The normalized spacial score (nSPS) is 17.1. The second-order valence-electron chi connectivity index (χ2n) is 4.88. The topological polar surface area (TPSA) is 59.0 Å². The molecule has 98 valence electrons. The van der Waals surface area contributed by atoms with Gasteiger partial charge in [0.25, 0.3) is 0 Å². The lowest BCUT2D eigenvalue weighted by Crippen LogP contribution is -2.20. The fourth-order valence-electron chi connectivity index (χ4n) is 2.60. The van der Waals surface area contributed by atoms with Crippen molar-refractivity contribution in [2.75, 3.05) is 0 Å². The molecule has 2 aromatic carbocycles. The summed E-state index contributed by atoms with van der Waals surface area (Å²) in [4.78, 5) is 0. The quantitative estimate of drug-likeness (QED) is 0.858. The van der Waals surface area contributed by atoms with Crippen LogP contribution in [0.15, 0.2) is 60.0 Å². The molecule has 3 nitrogen and oxygen atoms in total. The van der Waals surface area contributed by atoms with Gasteiger partial charge in [-0.25, -0.2) is 0 Å². The Morgan fingerprint density at radius 2 is 1.95 bits per heavy atom. The Balaban J connectivity index is 2.23. The van der Waals surface area contributed by atoms with E-state index in [0.29, 0.717) is 5.57 Å². The number of hydrogen-bond acceptors (Lipinski definition) is 3. The molecule has 0 spiro atoms. The molecule has 0 amide bonds. The van der Waals surface area contributed by atoms with Gasteiger partial charge >= 0.3 is 0 Å². The van der Waals surface area contributed by atoms with Crippen molar-refractivity contribution in [2.24, 2.45) is 5.73 Å². The van der Waals surface area contributed by atoms with E-state index in [2.05, 4.69) is 12.1 Å². The smallest absolute Gasteiger partial charge is 0.205 e. The summed E-state index contributed by atoms with van der Waals surface area (Å²) in [5.41, 5.74) is 9.56. The van der Waals surface area contributed by atoms with Crippen LogP contribution < -0.4 is 10.5 Å². The highest BCUT2D eigenvalue weighted by Gasteiger charge is 2.30. The molecule has 3 heteroatoms. The molecule has 2 aromatic rings. The molecule has 0 unspecified atom stereocenters. The van der Waals surface area contributed by atoms with E-state index < -0.39 is 0 Å². The molecule has 0 radical (unpaired) electrons. The second kappa shape index (κ2) is 4.75. The lowest BCUT2D eigenvalue weighted by molar-refractivity contribution is 0.393. The fraction of sp³-hybridized carbons (Fsp3) is 0.118. The van der Waals surface area contributed by atoms with Crippen molar-refractivity contribution in [3.8, 4) is 11.8 Å². The Hall–Kier alpha value is -2.73. The van der Waals surface area contributed by atoms with Crippen molar-refractivity contribution >= 4 is 0 Å². The Labute approximate surface area is 117 Å². The van der Waals surface area contributed by atoms with Gasteiger partial charge in [-0.1, -0.05) is 48.0 Å². The van der Waals surface area contributed by atoms with Gasteiger partial charge < -0.3 is 10.5 Å². The minimum atomic E-state index is -0.162. The number of fused-ring (bicyclic) bond motifs is 1. The maximum Gasteiger partial charge on any atom is 0.205 e. The van der Waals surface area contributed by atoms with Gasteiger partial charge in [0, 0.05) is 5.56 Å². The third kappa shape index (κ3) is 1.92. The summed E-state index contributed by atoms with van der Waals surface area (Å²) in [6.45, 7) is 2.04. The summed E-state index contributed by atoms with van der Waals surface area (Å²) >= 11 is 0. The van der Waals surface area contributed by atoms with E-state index in [-0.39, 0.29) is 11.8 Å². The van der Waals surface area contributed by atoms with E-state index in [1.807, 2.05) is 49.4 Å². The molecule has 0 aliphatic carbocycles. The van der Waals surface area contributed by atoms with Gasteiger partial charge in [-0.15, -0.1) is 0 Å². The first-order valence-electron chi connectivity index (χ1n) is 6.44. The molecule has 0 aromatic heterocycles. The number of benzene rings is 2. The second-order valence-corrected chi connectivity index (χ2v) is 4.88. The monoisotopic (exact) mass is 262 g/mol. The number of hydrogen-bond donors (Lipinski definition) is 1. The van der Waals surface area contributed by atoms with Gasteiger partial charge in [0.15, 0.2) is 0 Å². The number of nitriles is 1. The van der Waals surface area contributed by atoms with E-state index in [9.17, 15) is 5.26 Å². The average Bonchev–Trinajstić information content (AvgIpc) is 2.45. The number of nitrogens with two attached hydrogens (primary N) is 1. The molecule has 20 heavy (non-hydrogen) atoms. The molecule has 1 aliphatic rings. The number of rotatable bonds is 1. The molecule has 0 saturated heterocycles. The number of nitrogens with zero attached hydrogens (tertiary/aromatic N) is 1. The molecule has 1 aliphatic heterocycles. The standard InChI is InChI=1S/C17H14N2O/c1-11-5-4-6-12(9-11)16-13-7-2-3-8-15(13)20-17(19)14(16)10-18/h2-9,16H,19H2,1H3/t16-/m0/s1. The zero-order valence-corrected chi connectivity index (χ0v) is 11.1. The van der Waals surface area contributed by atoms with Crippen LogP contribution in [0.3, 0.4) is 0 Å². The number of ether oxygens (including phenoxy) is 1. The summed E-state index contributed by atoms with van der Waals surface area (Å²) in [6, 6.07) is 18.0. The lowest BCUT2D eigenvalue weighted by atomic mass is 9.83. The molecule has 0 bridgehead atoms. The Kier molecular flexibility index (Phi) is 2.92. The Morgan fingerprint density at radius 1 is 1.15 bits per heavy atom. The number of allylic oxidation sites excluding steroid dienone is 1. The minimum absolute atomic E-state index is 0.162. The van der Waals surface area contributed by atoms with Crippen LogP contribution in [0.2, 0.25) is 0 Å². The van der Waals surface area contributed by atoms with Gasteiger partial charge in [-0.3, -0.25) is 0 Å². The van der Waals surface area contributed by atoms with Crippen LogP contribution in [-0.4, -0.2) is 0 Å². The van der Waals surface area contributed by atoms with E-state index in [4.69, 9.17) is 10.5 Å². The van der Waals surface area contributed by atoms with Crippen LogP contribution in [-0.2, 0) is 0 Å². The zero-order valence-electron chi connectivity index (χ0n) is 11.1. The lowest BCUT2D eigenvalue weighted by Gasteiger charge is -2.26. The van der Waals surface area contributed by atoms with Gasteiger partial charge in [0.05, 0.1) is 5.92 Å². The van der Waals surface area contributed by atoms with Crippen molar-refractivity contribution in [3.05, 3.63) is 76.7 Å². The largest absolute Gasteiger partial charge is 0.440 e. The van der Waals surface area contributed by atoms with Crippen molar-refractivity contribution < 1.29 is 4.74 Å². The van der Waals surface area contributed by atoms with Crippen LogP contribution >= 0.6 is 0 Å². The van der Waals surface area contributed by atoms with E-state index in [1.54, 1.807) is 0 Å². The van der Waals surface area contributed by atoms with Crippen LogP contribution in [0.1, 0.15) is 22.6 Å². The van der Waals surface area contributed by atoms with Crippen LogP contribution in [0.25, 0.3) is 0 Å². The van der Waals surface area contributed by atoms with E-state index in [1.165, 1.54) is 0 Å². The SMILES string of the molecule is Cc1cccc([C@@H]2C(C#N)=C(N)Oc3ccccc32)c1. The first-order valence-corrected chi connectivity index (χ1v) is 6.44. The third-order valence-electron chi connectivity index (χ3n) is 3.50. The molecule has 3 rings (SSSR count). The Morgan fingerprint density at radius 3 is 2.70 bits per heavy atom. The fourth-order valence-corrected chi connectivity index (χ4v) is 2.60. The maximum absolute atomic E-state index is 9.42. The third-order valence-corrected chi connectivity index (χ3v) is 3.50. The molecule has 0 saturated carbocycles. The van der Waals surface area contributed by atoms with Crippen molar-refractivity contribution in [1.82, 2.24) is 0 Å². The predicted octanol–water partition coefficient (Wildman–Crippen LogP) is 3.21. The minimum Gasteiger partial charge on any atom is -0.440 e. The zero-order chi connectivity index (χ0) is 14.1. The highest BCUT2D eigenvalue weighted by molar-refractivity contribution is 5.55. The molecule has 1 atom stereocenters. The van der Waals surface area contributed by atoms with Crippen molar-refractivity contribution in [1.29, 1.82) is 5.26 Å². The molecular formula is C17H14N2O. The first-order chi connectivity index (χ1) is 9.70. The molecule has 1 heterocycles. The van der Waals surface area contributed by atoms with Gasteiger partial charge in [-0.05, 0) is 18.6 Å². The molecule has 2 N–H and O–H groups in total. The average molecular weight is 262 g/mol. The number of aryl methyl sites for hydroxylation is 1. The summed E-state index contributed by atoms with van der Waals surface area (Å²) in [7, 11) is 0. The molecule has 0 fully saturated rings.